The first kappa shape index (κ1) is 14.1. The standard InChI is InChI=1S/C15H16BrNO2/c1-18-10-11-3-2-4-13(7-11)19-14-6-5-12(9-17)15(16)8-14/h2-8H,9-10,17H2,1H3. The van der Waals surface area contributed by atoms with Crippen molar-refractivity contribution < 1.29 is 9.47 Å². The molecule has 0 amide bonds. The Kier molecular flexibility index (Phi) is 4.96. The molecule has 0 bridgehead atoms. The van der Waals surface area contributed by atoms with Crippen LogP contribution >= 0.6 is 15.9 Å². The molecule has 0 radical (unpaired) electrons. The highest BCUT2D eigenvalue weighted by Crippen LogP contribution is 2.27. The van der Waals surface area contributed by atoms with Crippen molar-refractivity contribution >= 4 is 15.9 Å². The second-order valence-corrected chi connectivity index (χ2v) is 4.99. The first-order chi connectivity index (χ1) is 9.22. The lowest BCUT2D eigenvalue weighted by molar-refractivity contribution is 0.184. The Morgan fingerprint density at radius 1 is 1.11 bits per heavy atom. The second kappa shape index (κ2) is 6.70. The van der Waals surface area contributed by atoms with Gasteiger partial charge in [-0.25, -0.2) is 0 Å². The average Bonchev–Trinajstić information content (AvgIpc) is 2.40. The zero-order valence-corrected chi connectivity index (χ0v) is 12.3. The van der Waals surface area contributed by atoms with Crippen LogP contribution in [0.3, 0.4) is 0 Å². The zero-order valence-electron chi connectivity index (χ0n) is 10.7. The maximum atomic E-state index is 5.82. The van der Waals surface area contributed by atoms with Gasteiger partial charge in [0.25, 0.3) is 0 Å². The summed E-state index contributed by atoms with van der Waals surface area (Å²) in [5.74, 6) is 1.57. The fourth-order valence-electron chi connectivity index (χ4n) is 1.76. The van der Waals surface area contributed by atoms with Crippen molar-refractivity contribution in [1.82, 2.24) is 0 Å². The molecular weight excluding hydrogens is 306 g/mol. The van der Waals surface area contributed by atoms with Gasteiger partial charge in [-0.2, -0.15) is 0 Å². The minimum atomic E-state index is 0.504. The van der Waals surface area contributed by atoms with Gasteiger partial charge in [0.15, 0.2) is 0 Å². The summed E-state index contributed by atoms with van der Waals surface area (Å²) in [5.41, 5.74) is 7.76. The van der Waals surface area contributed by atoms with Crippen molar-refractivity contribution in [2.24, 2.45) is 5.73 Å². The highest BCUT2D eigenvalue weighted by molar-refractivity contribution is 9.10. The second-order valence-electron chi connectivity index (χ2n) is 4.14. The number of hydrogen-bond acceptors (Lipinski definition) is 3. The summed E-state index contributed by atoms with van der Waals surface area (Å²) < 4.78 is 11.9. The topological polar surface area (TPSA) is 44.5 Å². The molecule has 2 aromatic carbocycles. The van der Waals surface area contributed by atoms with Crippen LogP contribution in [0.1, 0.15) is 11.1 Å². The average molecular weight is 322 g/mol. The first-order valence-corrected chi connectivity index (χ1v) is 6.76. The molecule has 3 nitrogen and oxygen atoms in total. The zero-order chi connectivity index (χ0) is 13.7. The van der Waals surface area contributed by atoms with Crippen LogP contribution in [0.5, 0.6) is 11.5 Å². The molecule has 0 saturated heterocycles. The summed E-state index contributed by atoms with van der Waals surface area (Å²) in [6.45, 7) is 1.08. The number of benzene rings is 2. The van der Waals surface area contributed by atoms with Crippen LogP contribution in [0.15, 0.2) is 46.9 Å². The van der Waals surface area contributed by atoms with E-state index in [1.54, 1.807) is 7.11 Å². The first-order valence-electron chi connectivity index (χ1n) is 5.97. The van der Waals surface area contributed by atoms with Gasteiger partial charge in [-0.3, -0.25) is 0 Å². The Bertz CT molecular complexity index is 558. The van der Waals surface area contributed by atoms with Gasteiger partial charge in [0.05, 0.1) is 6.61 Å². The van der Waals surface area contributed by atoms with E-state index >= 15 is 0 Å². The Morgan fingerprint density at radius 2 is 1.89 bits per heavy atom. The molecular formula is C15H16BrNO2. The van der Waals surface area contributed by atoms with Gasteiger partial charge >= 0.3 is 0 Å². The van der Waals surface area contributed by atoms with Crippen molar-refractivity contribution in [3.8, 4) is 11.5 Å². The third-order valence-electron chi connectivity index (χ3n) is 2.69. The van der Waals surface area contributed by atoms with Gasteiger partial charge in [0.1, 0.15) is 11.5 Å². The molecule has 4 heteroatoms. The molecule has 2 aromatic rings. The smallest absolute Gasteiger partial charge is 0.128 e. The molecule has 0 spiro atoms. The highest BCUT2D eigenvalue weighted by atomic mass is 79.9. The number of ether oxygens (including phenoxy) is 2. The van der Waals surface area contributed by atoms with Crippen LogP contribution < -0.4 is 10.5 Å². The summed E-state index contributed by atoms with van der Waals surface area (Å²) in [6, 6.07) is 13.6. The lowest BCUT2D eigenvalue weighted by atomic mass is 10.2. The molecule has 19 heavy (non-hydrogen) atoms. The lowest BCUT2D eigenvalue weighted by Crippen LogP contribution is -1.97. The van der Waals surface area contributed by atoms with Crippen molar-refractivity contribution in [2.45, 2.75) is 13.2 Å². The molecule has 100 valence electrons. The number of methoxy groups -OCH3 is 1. The molecule has 0 heterocycles. The summed E-state index contributed by atoms with van der Waals surface area (Å²) in [4.78, 5) is 0. The van der Waals surface area contributed by atoms with Gasteiger partial charge in [0, 0.05) is 18.1 Å². The third-order valence-corrected chi connectivity index (χ3v) is 3.43. The van der Waals surface area contributed by atoms with Gasteiger partial charge in [-0.05, 0) is 35.4 Å². The Hall–Kier alpha value is -1.36. The SMILES string of the molecule is COCc1cccc(Oc2ccc(CN)c(Br)c2)c1. The van der Waals surface area contributed by atoms with E-state index in [9.17, 15) is 0 Å². The molecule has 0 aliphatic rings. The van der Waals surface area contributed by atoms with E-state index in [-0.39, 0.29) is 0 Å². The van der Waals surface area contributed by atoms with E-state index in [2.05, 4.69) is 15.9 Å². The van der Waals surface area contributed by atoms with Gasteiger partial charge in [0.2, 0.25) is 0 Å². The maximum Gasteiger partial charge on any atom is 0.128 e. The highest BCUT2D eigenvalue weighted by Gasteiger charge is 2.03. The van der Waals surface area contributed by atoms with E-state index in [0.717, 1.165) is 27.1 Å². The van der Waals surface area contributed by atoms with E-state index in [1.165, 1.54) is 0 Å². The molecule has 0 fully saturated rings. The number of hydrogen-bond donors (Lipinski definition) is 1. The Morgan fingerprint density at radius 3 is 2.58 bits per heavy atom. The van der Waals surface area contributed by atoms with E-state index in [0.29, 0.717) is 13.2 Å². The van der Waals surface area contributed by atoms with Gasteiger partial charge in [-0.15, -0.1) is 0 Å². The van der Waals surface area contributed by atoms with Gasteiger partial charge < -0.3 is 15.2 Å². The monoisotopic (exact) mass is 321 g/mol. The molecule has 0 saturated carbocycles. The summed E-state index contributed by atoms with van der Waals surface area (Å²) >= 11 is 3.48. The van der Waals surface area contributed by atoms with Crippen LogP contribution in [0.25, 0.3) is 0 Å². The Balaban J connectivity index is 2.16. The van der Waals surface area contributed by atoms with E-state index in [4.69, 9.17) is 15.2 Å². The van der Waals surface area contributed by atoms with Crippen LogP contribution in [-0.4, -0.2) is 7.11 Å². The number of rotatable bonds is 5. The summed E-state index contributed by atoms with van der Waals surface area (Å²) in [5, 5.41) is 0. The Labute approximate surface area is 121 Å². The molecule has 0 atom stereocenters. The van der Waals surface area contributed by atoms with Crippen LogP contribution in [0.2, 0.25) is 0 Å². The van der Waals surface area contributed by atoms with Crippen molar-refractivity contribution in [3.63, 3.8) is 0 Å². The fourth-order valence-corrected chi connectivity index (χ4v) is 2.28. The van der Waals surface area contributed by atoms with Crippen LogP contribution in [-0.2, 0) is 17.9 Å². The molecule has 0 aliphatic carbocycles. The molecule has 0 unspecified atom stereocenters. The molecule has 0 aliphatic heterocycles. The van der Waals surface area contributed by atoms with Crippen molar-refractivity contribution in [2.75, 3.05) is 7.11 Å². The minimum Gasteiger partial charge on any atom is -0.457 e. The fraction of sp³-hybridized carbons (Fsp3) is 0.200. The number of halogens is 1. The normalized spacial score (nSPS) is 10.5. The minimum absolute atomic E-state index is 0.504. The van der Waals surface area contributed by atoms with Gasteiger partial charge in [-0.1, -0.05) is 34.1 Å². The predicted molar refractivity (Wildman–Crippen MR) is 79.3 cm³/mol. The number of nitrogens with two attached hydrogens (primary N) is 1. The van der Waals surface area contributed by atoms with Crippen molar-refractivity contribution in [3.05, 3.63) is 58.1 Å². The lowest BCUT2D eigenvalue weighted by Gasteiger charge is -2.09. The van der Waals surface area contributed by atoms with Crippen LogP contribution in [0.4, 0.5) is 0 Å². The molecule has 2 N–H and O–H groups in total. The van der Waals surface area contributed by atoms with Crippen molar-refractivity contribution in [1.29, 1.82) is 0 Å². The van der Waals surface area contributed by atoms with Crippen LogP contribution in [0, 0.1) is 0 Å². The predicted octanol–water partition coefficient (Wildman–Crippen LogP) is 3.85. The third kappa shape index (κ3) is 3.80. The molecule has 0 aromatic heterocycles. The largest absolute Gasteiger partial charge is 0.457 e. The molecule has 2 rings (SSSR count). The van der Waals surface area contributed by atoms with E-state index in [1.807, 2.05) is 42.5 Å². The van der Waals surface area contributed by atoms with E-state index < -0.39 is 0 Å². The quantitative estimate of drug-likeness (QED) is 0.909. The summed E-state index contributed by atoms with van der Waals surface area (Å²) in [7, 11) is 1.68. The maximum absolute atomic E-state index is 5.82. The summed E-state index contributed by atoms with van der Waals surface area (Å²) in [6.07, 6.45) is 0.